The van der Waals surface area contributed by atoms with Crippen LogP contribution in [0.2, 0.25) is 0 Å². The van der Waals surface area contributed by atoms with E-state index in [2.05, 4.69) is 0 Å². The monoisotopic (exact) mass is 199 g/mol. The first-order chi connectivity index (χ1) is 8.48. The van der Waals surface area contributed by atoms with Crippen molar-refractivity contribution in [2.45, 2.75) is 6.85 Å². The minimum atomic E-state index is -2.58. The van der Waals surface area contributed by atoms with Crippen molar-refractivity contribution in [1.82, 2.24) is 0 Å². The van der Waals surface area contributed by atoms with Gasteiger partial charge in [-0.05, 0) is 18.0 Å². The maximum absolute atomic E-state index is 11.6. The number of hydrogen-bond acceptors (Lipinski definition) is 1. The Hall–Kier alpha value is -1.89. The van der Waals surface area contributed by atoms with Gasteiger partial charge in [-0.1, -0.05) is 54.6 Å². The number of Topliss-reactive ketones (excluding diaryl/α,β-unsaturated/α-hetero) is 1. The van der Waals surface area contributed by atoms with Gasteiger partial charge < -0.3 is 0 Å². The third-order valence-corrected chi connectivity index (χ3v) is 2.25. The molecule has 0 heterocycles. The third-order valence-electron chi connectivity index (χ3n) is 2.25. The minimum Gasteiger partial charge on any atom is -0.295 e. The van der Waals surface area contributed by atoms with E-state index < -0.39 is 12.6 Å². The van der Waals surface area contributed by atoms with Gasteiger partial charge in [0.2, 0.25) is 0 Å². The van der Waals surface area contributed by atoms with E-state index in [4.69, 9.17) is 4.11 Å². The fraction of sp³-hybridized carbons (Fsp3) is 0.0714. The zero-order valence-corrected chi connectivity index (χ0v) is 8.10. The van der Waals surface area contributed by atoms with Gasteiger partial charge >= 0.3 is 0 Å². The molecule has 0 N–H and O–H groups in total. The number of benzene rings is 2. The Morgan fingerprint density at radius 3 is 2.13 bits per heavy atom. The van der Waals surface area contributed by atoms with Gasteiger partial charge in [0.25, 0.3) is 0 Å². The average molecular weight is 199 g/mol. The predicted octanol–water partition coefficient (Wildman–Crippen LogP) is 3.56. The molecule has 2 aromatic rings. The van der Waals surface area contributed by atoms with Crippen LogP contribution >= 0.6 is 0 Å². The number of carbonyl (C=O) groups is 1. The molecule has 0 amide bonds. The summed E-state index contributed by atoms with van der Waals surface area (Å²) in [7, 11) is 0. The SMILES string of the molecule is [2H]C([2H])([2H])C(=O)c1ccc(-c2ccccc2)cc1. The van der Waals surface area contributed by atoms with Gasteiger partial charge in [0.15, 0.2) is 5.78 Å². The van der Waals surface area contributed by atoms with E-state index in [9.17, 15) is 4.79 Å². The van der Waals surface area contributed by atoms with Crippen LogP contribution in [0.1, 0.15) is 21.3 Å². The molecule has 0 spiro atoms. The second-order valence-corrected chi connectivity index (χ2v) is 3.27. The zero-order valence-electron chi connectivity index (χ0n) is 11.1. The Labute approximate surface area is 93.6 Å². The molecule has 74 valence electrons. The summed E-state index contributed by atoms with van der Waals surface area (Å²) >= 11 is 0. The van der Waals surface area contributed by atoms with Gasteiger partial charge in [-0.3, -0.25) is 4.79 Å². The Balaban J connectivity index is 2.29. The fourth-order valence-electron chi connectivity index (χ4n) is 1.44. The minimum absolute atomic E-state index is 0.217. The highest BCUT2D eigenvalue weighted by atomic mass is 16.1. The highest BCUT2D eigenvalue weighted by Gasteiger charge is 1.99. The predicted molar refractivity (Wildman–Crippen MR) is 61.9 cm³/mol. The fourth-order valence-corrected chi connectivity index (χ4v) is 1.44. The molecule has 0 unspecified atom stereocenters. The van der Waals surface area contributed by atoms with Crippen LogP contribution in [-0.4, -0.2) is 5.78 Å². The molecule has 1 nitrogen and oxygen atoms in total. The number of carbonyl (C=O) groups excluding carboxylic acids is 1. The van der Waals surface area contributed by atoms with Crippen LogP contribution < -0.4 is 0 Å². The van der Waals surface area contributed by atoms with Gasteiger partial charge in [-0.25, -0.2) is 0 Å². The first-order valence-electron chi connectivity index (χ1n) is 6.19. The second kappa shape index (κ2) is 4.09. The smallest absolute Gasteiger partial charge is 0.159 e. The van der Waals surface area contributed by atoms with Crippen molar-refractivity contribution in [3.63, 3.8) is 0 Å². The van der Waals surface area contributed by atoms with Crippen LogP contribution in [-0.2, 0) is 0 Å². The van der Waals surface area contributed by atoms with E-state index in [1.807, 2.05) is 30.3 Å². The first-order valence-corrected chi connectivity index (χ1v) is 4.69. The molecule has 0 aromatic heterocycles. The molecular formula is C14H12O. The summed E-state index contributed by atoms with van der Waals surface area (Å²) in [5, 5.41) is 0. The van der Waals surface area contributed by atoms with E-state index in [1.165, 1.54) is 0 Å². The lowest BCUT2D eigenvalue weighted by atomic mass is 10.0. The molecule has 0 saturated heterocycles. The number of hydrogen-bond donors (Lipinski definition) is 0. The van der Waals surface area contributed by atoms with E-state index in [0.717, 1.165) is 11.1 Å². The van der Waals surface area contributed by atoms with Gasteiger partial charge in [-0.15, -0.1) is 0 Å². The Kier molecular flexibility index (Phi) is 1.79. The van der Waals surface area contributed by atoms with Gasteiger partial charge in [0.1, 0.15) is 0 Å². The van der Waals surface area contributed by atoms with Gasteiger partial charge in [-0.2, -0.15) is 0 Å². The van der Waals surface area contributed by atoms with Gasteiger partial charge in [0, 0.05) is 9.68 Å². The highest BCUT2D eigenvalue weighted by molar-refractivity contribution is 5.94. The van der Waals surface area contributed by atoms with Crippen LogP contribution in [0.3, 0.4) is 0 Å². The molecule has 0 aliphatic heterocycles. The maximum atomic E-state index is 11.6. The van der Waals surface area contributed by atoms with Crippen molar-refractivity contribution < 1.29 is 8.91 Å². The van der Waals surface area contributed by atoms with E-state index in [-0.39, 0.29) is 5.56 Å². The summed E-state index contributed by atoms with van der Waals surface area (Å²) < 4.78 is 21.2. The molecule has 0 saturated carbocycles. The Morgan fingerprint density at radius 1 is 0.933 bits per heavy atom. The standard InChI is InChI=1S/C14H12O/c1-11(15)12-7-9-14(10-8-12)13-5-3-2-4-6-13/h2-10H,1H3/i1D3. The molecule has 0 aliphatic rings. The molecule has 0 atom stereocenters. The zero-order chi connectivity index (χ0) is 13.2. The summed E-state index contributed by atoms with van der Waals surface area (Å²) in [4.78, 5) is 11.6. The quantitative estimate of drug-likeness (QED) is 0.676. The molecule has 1 heteroatoms. The third kappa shape index (κ3) is 2.13. The van der Waals surface area contributed by atoms with E-state index >= 15 is 0 Å². The molecular weight excluding hydrogens is 184 g/mol. The van der Waals surface area contributed by atoms with E-state index in [1.54, 1.807) is 24.3 Å². The topological polar surface area (TPSA) is 17.1 Å². The summed E-state index contributed by atoms with van der Waals surface area (Å²) in [5.41, 5.74) is 2.21. The van der Waals surface area contributed by atoms with Crippen molar-refractivity contribution in [3.8, 4) is 11.1 Å². The summed E-state index contributed by atoms with van der Waals surface area (Å²) in [6, 6.07) is 16.3. The van der Waals surface area contributed by atoms with Crippen molar-refractivity contribution in [3.05, 3.63) is 60.2 Å². The number of rotatable bonds is 2. The lowest BCUT2D eigenvalue weighted by Crippen LogP contribution is -1.90. The van der Waals surface area contributed by atoms with Crippen LogP contribution in [0.15, 0.2) is 54.6 Å². The van der Waals surface area contributed by atoms with Crippen molar-refractivity contribution in [1.29, 1.82) is 0 Å². The highest BCUT2D eigenvalue weighted by Crippen LogP contribution is 2.19. The van der Waals surface area contributed by atoms with Crippen molar-refractivity contribution in [2.75, 3.05) is 0 Å². The molecule has 0 aliphatic carbocycles. The van der Waals surface area contributed by atoms with Crippen LogP contribution in [0.25, 0.3) is 11.1 Å². The van der Waals surface area contributed by atoms with Crippen LogP contribution in [0.4, 0.5) is 0 Å². The second-order valence-electron chi connectivity index (χ2n) is 3.27. The largest absolute Gasteiger partial charge is 0.295 e. The summed E-state index contributed by atoms with van der Waals surface area (Å²) in [6.07, 6.45) is 0. The van der Waals surface area contributed by atoms with Crippen LogP contribution in [0.5, 0.6) is 0 Å². The maximum Gasteiger partial charge on any atom is 0.159 e. The molecule has 2 rings (SSSR count). The normalized spacial score (nSPS) is 13.7. The van der Waals surface area contributed by atoms with E-state index in [0.29, 0.717) is 0 Å². The molecule has 15 heavy (non-hydrogen) atoms. The van der Waals surface area contributed by atoms with Crippen molar-refractivity contribution >= 4 is 5.78 Å². The first kappa shape index (κ1) is 6.57. The Morgan fingerprint density at radius 2 is 1.53 bits per heavy atom. The summed E-state index contributed by atoms with van der Waals surface area (Å²) in [5.74, 6) is -0.817. The molecule has 0 fully saturated rings. The molecule has 0 radical (unpaired) electrons. The molecule has 0 bridgehead atoms. The average Bonchev–Trinajstić information content (AvgIpc) is 2.38. The molecule has 2 aromatic carbocycles. The van der Waals surface area contributed by atoms with Crippen LogP contribution in [0, 0.1) is 0 Å². The Bertz CT molecular complexity index is 542. The lowest BCUT2D eigenvalue weighted by Gasteiger charge is -2.01. The summed E-state index contributed by atoms with van der Waals surface area (Å²) in [6.45, 7) is -2.58. The lowest BCUT2D eigenvalue weighted by molar-refractivity contribution is 0.101. The number of ketones is 1. The van der Waals surface area contributed by atoms with Gasteiger partial charge in [0.05, 0.1) is 0 Å². The van der Waals surface area contributed by atoms with Crippen molar-refractivity contribution in [2.24, 2.45) is 0 Å².